The third-order valence-corrected chi connectivity index (χ3v) is 6.20. The summed E-state index contributed by atoms with van der Waals surface area (Å²) in [5.74, 6) is -0.404. The van der Waals surface area contributed by atoms with E-state index in [0.29, 0.717) is 41.5 Å². The molecule has 3 aromatic rings. The van der Waals surface area contributed by atoms with Crippen LogP contribution in [-0.4, -0.2) is 59.0 Å². The molecule has 0 atom stereocenters. The highest BCUT2D eigenvalue weighted by atomic mass is 16.2. The van der Waals surface area contributed by atoms with Gasteiger partial charge >= 0.3 is 5.69 Å². The molecular weight excluding hydrogens is 446 g/mol. The van der Waals surface area contributed by atoms with Gasteiger partial charge in [0, 0.05) is 13.1 Å². The topological polar surface area (TPSA) is 116 Å². The van der Waals surface area contributed by atoms with Crippen molar-refractivity contribution in [1.29, 1.82) is 0 Å². The van der Waals surface area contributed by atoms with E-state index in [1.54, 1.807) is 48.5 Å². The molecule has 2 heterocycles. The van der Waals surface area contributed by atoms with Crippen molar-refractivity contribution < 1.29 is 9.59 Å². The Labute approximate surface area is 203 Å². The van der Waals surface area contributed by atoms with E-state index >= 15 is 0 Å². The fourth-order valence-electron chi connectivity index (χ4n) is 4.32. The lowest BCUT2D eigenvalue weighted by molar-refractivity contribution is 0.0652. The standard InChI is InChI=1S/C26H31N5O4/c32-23-19-9-1-2-10-20(19)24(33)30(23)17-7-15-27-13-5-6-14-28-16-8-18-31-25(34)21-11-3-4-12-22(21)29-26(31)35/h1-4,9-12,27-28H,5-8,13-18H2,(H,29,35). The van der Waals surface area contributed by atoms with Gasteiger partial charge in [-0.25, -0.2) is 4.79 Å². The van der Waals surface area contributed by atoms with Crippen LogP contribution in [0, 0.1) is 0 Å². The lowest BCUT2D eigenvalue weighted by atomic mass is 10.1. The van der Waals surface area contributed by atoms with Gasteiger partial charge in [-0.2, -0.15) is 0 Å². The number of fused-ring (bicyclic) bond motifs is 2. The molecule has 0 aliphatic carbocycles. The predicted molar refractivity (Wildman–Crippen MR) is 135 cm³/mol. The third-order valence-electron chi connectivity index (χ3n) is 6.20. The molecule has 0 unspecified atom stereocenters. The number of carbonyl (C=O) groups is 2. The Balaban J connectivity index is 1.04. The molecule has 9 nitrogen and oxygen atoms in total. The van der Waals surface area contributed by atoms with Crippen LogP contribution in [0.4, 0.5) is 0 Å². The molecule has 9 heteroatoms. The van der Waals surface area contributed by atoms with E-state index < -0.39 is 0 Å². The van der Waals surface area contributed by atoms with Crippen LogP contribution in [0.1, 0.15) is 46.4 Å². The van der Waals surface area contributed by atoms with E-state index in [1.165, 1.54) is 9.47 Å². The van der Waals surface area contributed by atoms with Gasteiger partial charge in [-0.05, 0) is 76.1 Å². The maximum absolute atomic E-state index is 12.5. The summed E-state index contributed by atoms with van der Waals surface area (Å²) in [4.78, 5) is 53.4. The van der Waals surface area contributed by atoms with Crippen LogP contribution in [0.2, 0.25) is 0 Å². The number of aromatic nitrogens is 2. The highest BCUT2D eigenvalue weighted by Gasteiger charge is 2.34. The van der Waals surface area contributed by atoms with Crippen LogP contribution in [0.3, 0.4) is 0 Å². The van der Waals surface area contributed by atoms with Crippen molar-refractivity contribution in [1.82, 2.24) is 25.1 Å². The summed E-state index contributed by atoms with van der Waals surface area (Å²) >= 11 is 0. The lowest BCUT2D eigenvalue weighted by Gasteiger charge is -2.13. The van der Waals surface area contributed by atoms with Gasteiger partial charge in [0.25, 0.3) is 17.4 Å². The van der Waals surface area contributed by atoms with Crippen molar-refractivity contribution in [3.63, 3.8) is 0 Å². The Morgan fingerprint density at radius 1 is 0.657 bits per heavy atom. The zero-order valence-corrected chi connectivity index (χ0v) is 19.7. The van der Waals surface area contributed by atoms with Gasteiger partial charge in [0.05, 0.1) is 22.0 Å². The number of carbonyl (C=O) groups excluding carboxylic acids is 2. The molecule has 1 aliphatic rings. The average molecular weight is 478 g/mol. The van der Waals surface area contributed by atoms with Crippen molar-refractivity contribution in [3.8, 4) is 0 Å². The molecular formula is C26H31N5O4. The first-order valence-electron chi connectivity index (χ1n) is 12.2. The summed E-state index contributed by atoms with van der Waals surface area (Å²) < 4.78 is 1.26. The summed E-state index contributed by atoms with van der Waals surface area (Å²) in [6.07, 6.45) is 3.42. The number of rotatable bonds is 13. The van der Waals surface area contributed by atoms with Gasteiger partial charge in [0.2, 0.25) is 0 Å². The van der Waals surface area contributed by atoms with Crippen LogP contribution < -0.4 is 21.9 Å². The van der Waals surface area contributed by atoms with Crippen molar-refractivity contribution in [3.05, 3.63) is 80.5 Å². The summed E-state index contributed by atoms with van der Waals surface area (Å²) in [6, 6.07) is 14.0. The number of hydrogen-bond acceptors (Lipinski definition) is 6. The average Bonchev–Trinajstić information content (AvgIpc) is 3.11. The molecule has 0 bridgehead atoms. The number of hydrogen-bond donors (Lipinski definition) is 3. The first-order valence-corrected chi connectivity index (χ1v) is 12.2. The zero-order chi connectivity index (χ0) is 24.6. The van der Waals surface area contributed by atoms with E-state index in [0.717, 1.165) is 45.4 Å². The minimum absolute atomic E-state index is 0.202. The Morgan fingerprint density at radius 3 is 1.86 bits per heavy atom. The van der Waals surface area contributed by atoms with E-state index in [2.05, 4.69) is 15.6 Å². The van der Waals surface area contributed by atoms with E-state index in [4.69, 9.17) is 0 Å². The Bertz CT molecular complexity index is 1280. The van der Waals surface area contributed by atoms with Crippen LogP contribution in [0.5, 0.6) is 0 Å². The van der Waals surface area contributed by atoms with Gasteiger partial charge in [0.1, 0.15) is 0 Å². The second-order valence-corrected chi connectivity index (χ2v) is 8.65. The first kappa shape index (κ1) is 24.6. The lowest BCUT2D eigenvalue weighted by Crippen LogP contribution is -2.35. The highest BCUT2D eigenvalue weighted by molar-refractivity contribution is 6.21. The maximum atomic E-state index is 12.5. The van der Waals surface area contributed by atoms with Crippen LogP contribution in [0.25, 0.3) is 10.9 Å². The molecule has 4 rings (SSSR count). The van der Waals surface area contributed by atoms with Gasteiger partial charge in [-0.15, -0.1) is 0 Å². The summed E-state index contributed by atoms with van der Waals surface area (Å²) in [7, 11) is 0. The molecule has 3 N–H and O–H groups in total. The number of amides is 2. The molecule has 2 amide bonds. The highest BCUT2D eigenvalue weighted by Crippen LogP contribution is 2.22. The fourth-order valence-corrected chi connectivity index (χ4v) is 4.32. The summed E-state index contributed by atoms with van der Waals surface area (Å²) in [5, 5.41) is 7.23. The van der Waals surface area contributed by atoms with Crippen molar-refractivity contribution in [2.75, 3.05) is 32.7 Å². The van der Waals surface area contributed by atoms with Gasteiger partial charge in [0.15, 0.2) is 0 Å². The summed E-state index contributed by atoms with van der Waals surface area (Å²) in [5.41, 5.74) is 0.929. The zero-order valence-electron chi connectivity index (χ0n) is 19.7. The molecule has 1 aliphatic heterocycles. The summed E-state index contributed by atoms with van der Waals surface area (Å²) in [6.45, 7) is 4.00. The largest absolute Gasteiger partial charge is 0.328 e. The second-order valence-electron chi connectivity index (χ2n) is 8.65. The number of nitrogens with zero attached hydrogens (tertiary/aromatic N) is 2. The first-order chi connectivity index (χ1) is 17.1. The van der Waals surface area contributed by atoms with Crippen molar-refractivity contribution in [2.24, 2.45) is 0 Å². The molecule has 35 heavy (non-hydrogen) atoms. The molecule has 1 aromatic heterocycles. The number of aromatic amines is 1. The molecule has 184 valence electrons. The molecule has 0 spiro atoms. The van der Waals surface area contributed by atoms with Crippen LogP contribution >= 0.6 is 0 Å². The van der Waals surface area contributed by atoms with Crippen molar-refractivity contribution in [2.45, 2.75) is 32.2 Å². The van der Waals surface area contributed by atoms with Gasteiger partial charge in [-0.3, -0.25) is 23.9 Å². The SMILES string of the molecule is O=C1c2ccccc2C(=O)N1CCCNCCCCNCCCn1c(=O)[nH]c2ccccc2c1=O. The minimum Gasteiger partial charge on any atom is -0.317 e. The smallest absolute Gasteiger partial charge is 0.317 e. The van der Waals surface area contributed by atoms with E-state index in [1.807, 2.05) is 0 Å². The Morgan fingerprint density at radius 2 is 1.20 bits per heavy atom. The number of imide groups is 1. The Hall–Kier alpha value is -3.56. The van der Waals surface area contributed by atoms with Gasteiger partial charge in [-0.1, -0.05) is 24.3 Å². The normalized spacial score (nSPS) is 13.1. The molecule has 0 saturated heterocycles. The van der Waals surface area contributed by atoms with Crippen molar-refractivity contribution >= 4 is 22.7 Å². The molecule has 0 fully saturated rings. The van der Waals surface area contributed by atoms with Crippen LogP contribution in [0.15, 0.2) is 58.1 Å². The van der Waals surface area contributed by atoms with E-state index in [-0.39, 0.29) is 23.1 Å². The molecule has 0 saturated carbocycles. The minimum atomic E-state index is -0.372. The number of benzene rings is 2. The third kappa shape index (κ3) is 5.75. The number of nitrogens with one attached hydrogen (secondary N) is 3. The predicted octanol–water partition coefficient (Wildman–Crippen LogP) is 1.73. The fraction of sp³-hybridized carbons (Fsp3) is 0.385. The number of unbranched alkanes of at least 4 members (excludes halogenated alkanes) is 1. The molecule has 2 aromatic carbocycles. The van der Waals surface area contributed by atoms with Crippen LogP contribution in [-0.2, 0) is 6.54 Å². The quantitative estimate of drug-likeness (QED) is 0.255. The molecule has 0 radical (unpaired) electrons. The van der Waals surface area contributed by atoms with Gasteiger partial charge < -0.3 is 15.6 Å². The van der Waals surface area contributed by atoms with E-state index in [9.17, 15) is 19.2 Å². The number of para-hydroxylation sites is 1. The second kappa shape index (κ2) is 11.7. The monoisotopic (exact) mass is 477 g/mol. The maximum Gasteiger partial charge on any atom is 0.328 e. The number of H-pyrrole nitrogens is 1. The Kier molecular flexibility index (Phi) is 8.23.